The minimum atomic E-state index is -3.61. The summed E-state index contributed by atoms with van der Waals surface area (Å²) in [5.41, 5.74) is 0.804. The summed E-state index contributed by atoms with van der Waals surface area (Å²) in [7, 11) is 0.481. The van der Waals surface area contributed by atoms with Gasteiger partial charge in [-0.25, -0.2) is 21.9 Å². The number of amides is 1. The van der Waals surface area contributed by atoms with Crippen LogP contribution in [-0.2, 0) is 25.3 Å². The van der Waals surface area contributed by atoms with Crippen LogP contribution in [0.1, 0.15) is 28.8 Å². The third kappa shape index (κ3) is 5.84. The summed E-state index contributed by atoms with van der Waals surface area (Å²) in [6, 6.07) is 8.22. The first-order valence-corrected chi connectivity index (χ1v) is 12.2. The summed E-state index contributed by atoms with van der Waals surface area (Å²) in [6.45, 7) is 0.356. The van der Waals surface area contributed by atoms with Gasteiger partial charge in [-0.3, -0.25) is 4.79 Å². The highest BCUT2D eigenvalue weighted by molar-refractivity contribution is 7.88. The quantitative estimate of drug-likeness (QED) is 0.562. The Hall–Kier alpha value is -3.18. The van der Waals surface area contributed by atoms with Crippen LogP contribution in [0.5, 0.6) is 11.5 Å². The predicted molar refractivity (Wildman–Crippen MR) is 123 cm³/mol. The lowest BCUT2D eigenvalue weighted by molar-refractivity contribution is -0.120. The number of halogens is 1. The Morgan fingerprint density at radius 2 is 1.62 bits per heavy atom. The zero-order valence-electron chi connectivity index (χ0n) is 19.2. The molecule has 0 spiro atoms. The Balaban J connectivity index is 1.68. The van der Waals surface area contributed by atoms with Gasteiger partial charge in [0.15, 0.2) is 11.5 Å². The SMILES string of the molecule is COC(=O)c1cc(OC)c(OC)cc1NC(=O)C1CCN(S(=O)(=O)Cc2ccc(F)cc2)CC1. The van der Waals surface area contributed by atoms with Gasteiger partial charge in [0, 0.05) is 31.1 Å². The number of rotatable bonds is 8. The molecule has 1 saturated heterocycles. The van der Waals surface area contributed by atoms with Gasteiger partial charge in [-0.15, -0.1) is 0 Å². The van der Waals surface area contributed by atoms with Gasteiger partial charge in [-0.1, -0.05) is 12.1 Å². The maximum Gasteiger partial charge on any atom is 0.340 e. The predicted octanol–water partition coefficient (Wildman–Crippen LogP) is 2.81. The zero-order valence-corrected chi connectivity index (χ0v) is 20.0. The molecule has 1 aliphatic heterocycles. The molecule has 11 heteroatoms. The number of hydrogen-bond donors (Lipinski definition) is 1. The number of carbonyl (C=O) groups excluding carboxylic acids is 2. The Labute approximate surface area is 197 Å². The minimum Gasteiger partial charge on any atom is -0.493 e. The van der Waals surface area contributed by atoms with E-state index >= 15 is 0 Å². The number of nitrogens with zero attached hydrogens (tertiary/aromatic N) is 1. The van der Waals surface area contributed by atoms with Crippen molar-refractivity contribution in [1.29, 1.82) is 0 Å². The van der Waals surface area contributed by atoms with Gasteiger partial charge in [0.2, 0.25) is 15.9 Å². The lowest BCUT2D eigenvalue weighted by Crippen LogP contribution is -2.42. The molecule has 1 N–H and O–H groups in total. The molecule has 2 aromatic carbocycles. The summed E-state index contributed by atoms with van der Waals surface area (Å²) < 4.78 is 55.2. The van der Waals surface area contributed by atoms with E-state index in [0.717, 1.165) is 0 Å². The number of hydrogen-bond acceptors (Lipinski definition) is 7. The third-order valence-corrected chi connectivity index (χ3v) is 7.52. The first kappa shape index (κ1) is 25.4. The molecule has 1 aliphatic rings. The molecule has 0 bridgehead atoms. The molecular formula is C23H27FN2O7S. The molecule has 9 nitrogen and oxygen atoms in total. The number of anilines is 1. The van der Waals surface area contributed by atoms with Gasteiger partial charge < -0.3 is 19.5 Å². The van der Waals surface area contributed by atoms with Crippen LogP contribution in [0.15, 0.2) is 36.4 Å². The van der Waals surface area contributed by atoms with E-state index in [4.69, 9.17) is 14.2 Å². The fourth-order valence-corrected chi connectivity index (χ4v) is 5.34. The van der Waals surface area contributed by atoms with E-state index in [1.54, 1.807) is 0 Å². The summed E-state index contributed by atoms with van der Waals surface area (Å²) >= 11 is 0. The Morgan fingerprint density at radius 1 is 1.03 bits per heavy atom. The van der Waals surface area contributed by atoms with Crippen molar-refractivity contribution in [1.82, 2.24) is 4.31 Å². The fourth-order valence-electron chi connectivity index (χ4n) is 3.77. The van der Waals surface area contributed by atoms with E-state index in [-0.39, 0.29) is 36.0 Å². The molecule has 1 amide bonds. The van der Waals surface area contributed by atoms with Crippen LogP contribution in [0.25, 0.3) is 0 Å². The molecule has 1 heterocycles. The summed E-state index contributed by atoms with van der Waals surface area (Å²) in [6.07, 6.45) is 0.630. The van der Waals surface area contributed by atoms with Crippen molar-refractivity contribution in [2.24, 2.45) is 5.92 Å². The van der Waals surface area contributed by atoms with Crippen molar-refractivity contribution in [2.45, 2.75) is 18.6 Å². The molecular weight excluding hydrogens is 467 g/mol. The van der Waals surface area contributed by atoms with E-state index in [0.29, 0.717) is 29.9 Å². The highest BCUT2D eigenvalue weighted by Crippen LogP contribution is 2.34. The second-order valence-corrected chi connectivity index (χ2v) is 9.76. The van der Waals surface area contributed by atoms with Crippen LogP contribution in [-0.4, -0.2) is 59.0 Å². The number of ether oxygens (including phenoxy) is 3. The van der Waals surface area contributed by atoms with Crippen molar-refractivity contribution in [3.05, 3.63) is 53.3 Å². The number of benzene rings is 2. The minimum absolute atomic E-state index is 0.104. The van der Waals surface area contributed by atoms with Crippen LogP contribution < -0.4 is 14.8 Å². The van der Waals surface area contributed by atoms with Crippen LogP contribution >= 0.6 is 0 Å². The van der Waals surface area contributed by atoms with Crippen molar-refractivity contribution in [2.75, 3.05) is 39.7 Å². The summed E-state index contributed by atoms with van der Waals surface area (Å²) in [5.74, 6) is -1.48. The van der Waals surface area contributed by atoms with Crippen molar-refractivity contribution in [3.63, 3.8) is 0 Å². The smallest absolute Gasteiger partial charge is 0.340 e. The molecule has 0 unspecified atom stereocenters. The van der Waals surface area contributed by atoms with E-state index in [2.05, 4.69) is 5.32 Å². The van der Waals surface area contributed by atoms with E-state index in [1.165, 1.54) is 62.0 Å². The normalized spacial score (nSPS) is 14.9. The van der Waals surface area contributed by atoms with E-state index in [1.807, 2.05) is 0 Å². The topological polar surface area (TPSA) is 111 Å². The molecule has 3 rings (SSSR count). The highest BCUT2D eigenvalue weighted by atomic mass is 32.2. The first-order valence-electron chi connectivity index (χ1n) is 10.6. The number of piperidine rings is 1. The summed E-state index contributed by atoms with van der Waals surface area (Å²) in [5, 5.41) is 2.74. The van der Waals surface area contributed by atoms with Gasteiger partial charge in [0.05, 0.1) is 38.3 Å². The van der Waals surface area contributed by atoms with Crippen LogP contribution in [0.3, 0.4) is 0 Å². The fraction of sp³-hybridized carbons (Fsp3) is 0.391. The number of nitrogens with one attached hydrogen (secondary N) is 1. The second-order valence-electron chi connectivity index (χ2n) is 7.79. The maximum absolute atomic E-state index is 13.1. The van der Waals surface area contributed by atoms with Crippen LogP contribution in [0.2, 0.25) is 0 Å². The van der Waals surface area contributed by atoms with Crippen molar-refractivity contribution in [3.8, 4) is 11.5 Å². The van der Waals surface area contributed by atoms with Crippen LogP contribution in [0.4, 0.5) is 10.1 Å². The molecule has 184 valence electrons. The Bertz CT molecular complexity index is 1140. The average molecular weight is 495 g/mol. The largest absolute Gasteiger partial charge is 0.493 e. The van der Waals surface area contributed by atoms with Gasteiger partial charge in [0.1, 0.15) is 5.82 Å². The molecule has 0 saturated carbocycles. The Kier molecular flexibility index (Phi) is 8.11. The Morgan fingerprint density at radius 3 is 2.18 bits per heavy atom. The summed E-state index contributed by atoms with van der Waals surface area (Å²) in [4.78, 5) is 25.1. The highest BCUT2D eigenvalue weighted by Gasteiger charge is 2.32. The van der Waals surface area contributed by atoms with Gasteiger partial charge in [-0.2, -0.15) is 0 Å². The van der Waals surface area contributed by atoms with E-state index in [9.17, 15) is 22.4 Å². The van der Waals surface area contributed by atoms with Gasteiger partial charge >= 0.3 is 5.97 Å². The molecule has 0 aliphatic carbocycles. The first-order chi connectivity index (χ1) is 16.2. The lowest BCUT2D eigenvalue weighted by atomic mass is 9.97. The number of methoxy groups -OCH3 is 3. The number of carbonyl (C=O) groups is 2. The molecule has 2 aromatic rings. The second kappa shape index (κ2) is 10.8. The molecule has 0 aromatic heterocycles. The van der Waals surface area contributed by atoms with Crippen LogP contribution in [0, 0.1) is 11.7 Å². The number of sulfonamides is 1. The molecule has 0 radical (unpaired) electrons. The molecule has 34 heavy (non-hydrogen) atoms. The number of esters is 1. The third-order valence-electron chi connectivity index (χ3n) is 5.67. The van der Waals surface area contributed by atoms with Crippen molar-refractivity contribution < 1.29 is 36.6 Å². The zero-order chi connectivity index (χ0) is 24.9. The lowest BCUT2D eigenvalue weighted by Gasteiger charge is -2.30. The average Bonchev–Trinajstić information content (AvgIpc) is 2.84. The van der Waals surface area contributed by atoms with Gasteiger partial charge in [0.25, 0.3) is 0 Å². The standard InChI is InChI=1S/C23H27FN2O7S/c1-31-20-12-18(23(28)33-3)19(13-21(20)32-2)25-22(27)16-8-10-26(11-9-16)34(29,30)14-15-4-6-17(24)7-5-15/h4-7,12-13,16H,8-11,14H2,1-3H3,(H,25,27). The maximum atomic E-state index is 13.1. The van der Waals surface area contributed by atoms with Gasteiger partial charge in [-0.05, 0) is 30.5 Å². The monoisotopic (exact) mass is 494 g/mol. The molecule has 0 atom stereocenters. The van der Waals surface area contributed by atoms with Crippen molar-refractivity contribution >= 4 is 27.6 Å². The molecule has 1 fully saturated rings. The van der Waals surface area contributed by atoms with E-state index < -0.39 is 27.7 Å².